The lowest BCUT2D eigenvalue weighted by atomic mass is 9.98. The molecule has 1 aromatic heterocycles. The topological polar surface area (TPSA) is 72.8 Å². The van der Waals surface area contributed by atoms with Gasteiger partial charge in [-0.2, -0.15) is 0 Å². The van der Waals surface area contributed by atoms with Gasteiger partial charge in [-0.25, -0.2) is 13.1 Å². The lowest BCUT2D eigenvalue weighted by molar-refractivity contribution is 0.171. The summed E-state index contributed by atoms with van der Waals surface area (Å²) in [5.41, 5.74) is 3.74. The van der Waals surface area contributed by atoms with E-state index in [2.05, 4.69) is 44.5 Å². The summed E-state index contributed by atoms with van der Waals surface area (Å²) in [5, 5.41) is 0. The lowest BCUT2D eigenvalue weighted by Crippen LogP contribution is -2.41. The molecule has 5 rings (SSSR count). The second-order valence-electron chi connectivity index (χ2n) is 8.21. The van der Waals surface area contributed by atoms with Crippen LogP contribution in [0.25, 0.3) is 0 Å². The zero-order valence-electron chi connectivity index (χ0n) is 18.0. The van der Waals surface area contributed by atoms with Gasteiger partial charge in [0, 0.05) is 44.6 Å². The molecule has 3 heterocycles. The molecule has 168 valence electrons. The first-order valence-corrected chi connectivity index (χ1v) is 12.3. The second kappa shape index (κ2) is 8.61. The Balaban J connectivity index is 1.38. The highest BCUT2D eigenvalue weighted by atomic mass is 32.2. The van der Waals surface area contributed by atoms with Gasteiger partial charge < -0.3 is 14.0 Å². The molecular weight excluding hydrogens is 426 g/mol. The molecule has 0 saturated heterocycles. The molecular formula is C24H27N3O4S. The third-order valence-corrected chi connectivity index (χ3v) is 7.64. The summed E-state index contributed by atoms with van der Waals surface area (Å²) in [6.45, 7) is 2.82. The van der Waals surface area contributed by atoms with Gasteiger partial charge in [-0.1, -0.05) is 24.3 Å². The van der Waals surface area contributed by atoms with Gasteiger partial charge in [0.05, 0.1) is 10.9 Å². The molecule has 0 radical (unpaired) electrons. The number of aromatic nitrogens is 1. The van der Waals surface area contributed by atoms with Crippen molar-refractivity contribution in [1.29, 1.82) is 0 Å². The lowest BCUT2D eigenvalue weighted by Gasteiger charge is -2.36. The average Bonchev–Trinajstić information content (AvgIpc) is 3.24. The average molecular weight is 454 g/mol. The van der Waals surface area contributed by atoms with Crippen molar-refractivity contribution in [2.75, 3.05) is 26.3 Å². The smallest absolute Gasteiger partial charge is 0.240 e. The maximum atomic E-state index is 13.1. The number of sulfonamides is 1. The van der Waals surface area contributed by atoms with E-state index in [0.717, 1.165) is 25.2 Å². The van der Waals surface area contributed by atoms with E-state index in [-0.39, 0.29) is 17.5 Å². The van der Waals surface area contributed by atoms with Crippen LogP contribution >= 0.6 is 0 Å². The number of hydrogen-bond donors (Lipinski definition) is 1. The van der Waals surface area contributed by atoms with Crippen molar-refractivity contribution in [2.24, 2.45) is 7.05 Å². The van der Waals surface area contributed by atoms with Crippen LogP contribution in [0.5, 0.6) is 11.5 Å². The van der Waals surface area contributed by atoms with Crippen molar-refractivity contribution >= 4 is 10.0 Å². The molecule has 1 N–H and O–H groups in total. The van der Waals surface area contributed by atoms with E-state index in [1.165, 1.54) is 17.2 Å². The summed E-state index contributed by atoms with van der Waals surface area (Å²) in [5.74, 6) is 1.04. The number of nitrogens with one attached hydrogen (secondary N) is 1. The van der Waals surface area contributed by atoms with E-state index in [1.807, 2.05) is 19.3 Å². The minimum Gasteiger partial charge on any atom is -0.486 e. The highest BCUT2D eigenvalue weighted by Gasteiger charge is 2.28. The number of fused-ring (bicyclic) bond motifs is 2. The summed E-state index contributed by atoms with van der Waals surface area (Å²) >= 11 is 0. The monoisotopic (exact) mass is 453 g/mol. The van der Waals surface area contributed by atoms with Gasteiger partial charge in [-0.05, 0) is 41.8 Å². The van der Waals surface area contributed by atoms with Crippen LogP contribution in [0, 0.1) is 0 Å². The van der Waals surface area contributed by atoms with E-state index in [0.29, 0.717) is 24.7 Å². The van der Waals surface area contributed by atoms with Crippen LogP contribution in [0.3, 0.4) is 0 Å². The SMILES string of the molecule is Cn1cccc1C(CNS(=O)(=O)c1ccc2c(c1)OCCO2)N1CCc2ccccc2C1. The first-order valence-electron chi connectivity index (χ1n) is 10.8. The molecule has 0 fully saturated rings. The molecule has 32 heavy (non-hydrogen) atoms. The van der Waals surface area contributed by atoms with E-state index in [9.17, 15) is 8.42 Å². The van der Waals surface area contributed by atoms with Crippen LogP contribution in [0.15, 0.2) is 65.7 Å². The highest BCUT2D eigenvalue weighted by molar-refractivity contribution is 7.89. The Morgan fingerprint density at radius 1 is 1.00 bits per heavy atom. The fourth-order valence-electron chi connectivity index (χ4n) is 4.49. The minimum absolute atomic E-state index is 0.0876. The molecule has 0 bridgehead atoms. The van der Waals surface area contributed by atoms with Crippen molar-refractivity contribution in [3.05, 3.63) is 77.6 Å². The van der Waals surface area contributed by atoms with Crippen molar-refractivity contribution < 1.29 is 17.9 Å². The largest absolute Gasteiger partial charge is 0.486 e. The Bertz CT molecular complexity index is 1220. The second-order valence-corrected chi connectivity index (χ2v) is 9.97. The Hall–Kier alpha value is -2.81. The molecule has 3 aromatic rings. The number of ether oxygens (including phenoxy) is 2. The van der Waals surface area contributed by atoms with Crippen molar-refractivity contribution in [3.63, 3.8) is 0 Å². The number of hydrogen-bond acceptors (Lipinski definition) is 5. The predicted octanol–water partition coefficient (Wildman–Crippen LogP) is 2.87. The summed E-state index contributed by atoms with van der Waals surface area (Å²) < 4.78 is 42.2. The van der Waals surface area contributed by atoms with Crippen molar-refractivity contribution in [1.82, 2.24) is 14.2 Å². The van der Waals surface area contributed by atoms with E-state index >= 15 is 0 Å². The fraction of sp³-hybridized carbons (Fsp3) is 0.333. The fourth-order valence-corrected chi connectivity index (χ4v) is 5.54. The number of aryl methyl sites for hydroxylation is 1. The number of benzene rings is 2. The molecule has 8 heteroatoms. The van der Waals surface area contributed by atoms with E-state index in [4.69, 9.17) is 9.47 Å². The van der Waals surface area contributed by atoms with Crippen LogP contribution in [0.4, 0.5) is 0 Å². The molecule has 2 aliphatic rings. The van der Waals surface area contributed by atoms with Gasteiger partial charge in [0.25, 0.3) is 0 Å². The highest BCUT2D eigenvalue weighted by Crippen LogP contribution is 2.33. The van der Waals surface area contributed by atoms with Crippen LogP contribution in [-0.2, 0) is 30.0 Å². The number of nitrogens with zero attached hydrogens (tertiary/aromatic N) is 2. The Kier molecular flexibility index (Phi) is 5.67. The summed E-state index contributed by atoms with van der Waals surface area (Å²) in [6.07, 6.45) is 2.95. The van der Waals surface area contributed by atoms with Gasteiger partial charge >= 0.3 is 0 Å². The molecule has 0 spiro atoms. The summed E-state index contributed by atoms with van der Waals surface area (Å²) in [4.78, 5) is 2.53. The molecule has 1 unspecified atom stereocenters. The van der Waals surface area contributed by atoms with Crippen molar-refractivity contribution in [3.8, 4) is 11.5 Å². The summed E-state index contributed by atoms with van der Waals surface area (Å²) in [7, 11) is -1.72. The van der Waals surface area contributed by atoms with Crippen LogP contribution in [-0.4, -0.2) is 44.2 Å². The molecule has 2 aliphatic heterocycles. The van der Waals surface area contributed by atoms with Gasteiger partial charge in [-0.15, -0.1) is 0 Å². The Morgan fingerprint density at radius 2 is 1.78 bits per heavy atom. The van der Waals surface area contributed by atoms with Gasteiger partial charge in [0.1, 0.15) is 13.2 Å². The zero-order chi connectivity index (χ0) is 22.1. The molecule has 0 saturated carbocycles. The Labute approximate surface area is 188 Å². The molecule has 0 amide bonds. The van der Waals surface area contributed by atoms with Gasteiger partial charge in [0.15, 0.2) is 11.5 Å². The first-order chi connectivity index (χ1) is 15.5. The molecule has 0 aliphatic carbocycles. The zero-order valence-corrected chi connectivity index (χ0v) is 18.8. The predicted molar refractivity (Wildman–Crippen MR) is 121 cm³/mol. The van der Waals surface area contributed by atoms with Gasteiger partial charge in [0.2, 0.25) is 10.0 Å². The third-order valence-electron chi connectivity index (χ3n) is 6.22. The van der Waals surface area contributed by atoms with Crippen LogP contribution < -0.4 is 14.2 Å². The standard InChI is InChI=1S/C24H27N3O4S/c1-26-11-4-7-21(26)22(27-12-10-18-5-2-3-6-19(18)17-27)16-25-32(28,29)20-8-9-23-24(15-20)31-14-13-30-23/h2-9,11,15,22,25H,10,12-14,16-17H2,1H3. The number of rotatable bonds is 6. The summed E-state index contributed by atoms with van der Waals surface area (Å²) in [6, 6.07) is 17.2. The third kappa shape index (κ3) is 4.13. The first kappa shape index (κ1) is 21.1. The maximum absolute atomic E-state index is 13.1. The molecule has 2 aromatic carbocycles. The van der Waals surface area contributed by atoms with Crippen LogP contribution in [0.1, 0.15) is 22.9 Å². The normalized spacial score (nSPS) is 17.0. The van der Waals surface area contributed by atoms with Crippen LogP contribution in [0.2, 0.25) is 0 Å². The quantitative estimate of drug-likeness (QED) is 0.621. The van der Waals surface area contributed by atoms with E-state index in [1.54, 1.807) is 12.1 Å². The maximum Gasteiger partial charge on any atom is 0.240 e. The van der Waals surface area contributed by atoms with Gasteiger partial charge in [-0.3, -0.25) is 4.90 Å². The van der Waals surface area contributed by atoms with Crippen molar-refractivity contribution in [2.45, 2.75) is 23.9 Å². The molecule has 7 nitrogen and oxygen atoms in total. The Morgan fingerprint density at radius 3 is 2.56 bits per heavy atom. The minimum atomic E-state index is -3.71. The molecule has 1 atom stereocenters. The van der Waals surface area contributed by atoms with E-state index < -0.39 is 10.0 Å².